The number of carbonyl (C=O) groups excluding carboxylic acids is 1. The van der Waals surface area contributed by atoms with Gasteiger partial charge >= 0.3 is 0 Å². The van der Waals surface area contributed by atoms with Crippen LogP contribution in [0.25, 0.3) is 11.1 Å². The lowest BCUT2D eigenvalue weighted by molar-refractivity contribution is -0.919. The molecule has 2 aromatic rings. The van der Waals surface area contributed by atoms with Crippen molar-refractivity contribution < 1.29 is 9.69 Å². The number of piperidine rings is 1. The predicted octanol–water partition coefficient (Wildman–Crippen LogP) is 3.00. The first kappa shape index (κ1) is 16.7. The average molecular weight is 323 g/mol. The Morgan fingerprint density at radius 1 is 1.04 bits per heavy atom. The van der Waals surface area contributed by atoms with Crippen LogP contribution in [0.5, 0.6) is 0 Å². The first-order valence-corrected chi connectivity index (χ1v) is 8.95. The molecule has 0 unspecified atom stereocenters. The lowest BCUT2D eigenvalue weighted by atomic mass is 9.98. The smallest absolute Gasteiger partial charge is 0.282 e. The van der Waals surface area contributed by atoms with Crippen LogP contribution < -0.4 is 10.2 Å². The van der Waals surface area contributed by atoms with Crippen LogP contribution in [0.2, 0.25) is 0 Å². The molecule has 126 valence electrons. The zero-order chi connectivity index (χ0) is 16.9. The van der Waals surface area contributed by atoms with E-state index in [1.807, 2.05) is 43.3 Å². The number of rotatable bonds is 4. The molecule has 1 amide bonds. The van der Waals surface area contributed by atoms with Crippen molar-refractivity contribution in [1.82, 2.24) is 0 Å². The maximum atomic E-state index is 12.7. The second kappa shape index (κ2) is 7.63. The van der Waals surface area contributed by atoms with Crippen LogP contribution in [0.4, 0.5) is 5.69 Å². The van der Waals surface area contributed by atoms with Gasteiger partial charge in [0.1, 0.15) is 0 Å². The van der Waals surface area contributed by atoms with Crippen LogP contribution in [-0.4, -0.2) is 25.0 Å². The summed E-state index contributed by atoms with van der Waals surface area (Å²) in [5.74, 6) is 0.908. The molecule has 1 aliphatic rings. The number of amides is 1. The van der Waals surface area contributed by atoms with Crippen molar-refractivity contribution in [3.8, 4) is 11.1 Å². The topological polar surface area (TPSA) is 33.5 Å². The second-order valence-electron chi connectivity index (χ2n) is 6.96. The number of quaternary nitrogens is 1. The number of likely N-dealkylation sites (tertiary alicyclic amines) is 1. The summed E-state index contributed by atoms with van der Waals surface area (Å²) < 4.78 is 0. The first-order valence-electron chi connectivity index (χ1n) is 8.95. The zero-order valence-corrected chi connectivity index (χ0v) is 14.6. The van der Waals surface area contributed by atoms with E-state index in [0.717, 1.165) is 35.8 Å². The van der Waals surface area contributed by atoms with Gasteiger partial charge in [-0.15, -0.1) is 0 Å². The summed E-state index contributed by atoms with van der Waals surface area (Å²) in [5.41, 5.74) is 3.09. The van der Waals surface area contributed by atoms with E-state index in [0.29, 0.717) is 0 Å². The Morgan fingerprint density at radius 2 is 1.67 bits per heavy atom. The van der Waals surface area contributed by atoms with Crippen molar-refractivity contribution in [3.63, 3.8) is 0 Å². The molecule has 1 aliphatic heterocycles. The van der Waals surface area contributed by atoms with Gasteiger partial charge in [0, 0.05) is 11.3 Å². The Labute approximate surface area is 144 Å². The van der Waals surface area contributed by atoms with Crippen molar-refractivity contribution in [2.45, 2.75) is 32.7 Å². The van der Waals surface area contributed by atoms with Gasteiger partial charge in [-0.05, 0) is 37.3 Å². The van der Waals surface area contributed by atoms with Crippen molar-refractivity contribution in [2.24, 2.45) is 5.92 Å². The van der Waals surface area contributed by atoms with E-state index in [4.69, 9.17) is 0 Å². The van der Waals surface area contributed by atoms with Gasteiger partial charge in [0.25, 0.3) is 5.91 Å². The quantitative estimate of drug-likeness (QED) is 0.891. The molecule has 3 rings (SSSR count). The SMILES string of the molecule is CC1CC[NH+]([C@H](C)C(=O)Nc2ccccc2-c2ccccc2)CC1. The molecule has 0 radical (unpaired) electrons. The molecule has 0 bridgehead atoms. The fourth-order valence-corrected chi connectivity index (χ4v) is 3.45. The highest BCUT2D eigenvalue weighted by Crippen LogP contribution is 2.27. The van der Waals surface area contributed by atoms with Gasteiger partial charge in [-0.2, -0.15) is 0 Å². The molecular formula is C21H27N2O+. The van der Waals surface area contributed by atoms with E-state index in [9.17, 15) is 4.79 Å². The summed E-state index contributed by atoms with van der Waals surface area (Å²) in [6.45, 7) is 6.54. The molecule has 0 saturated carbocycles. The van der Waals surface area contributed by atoms with E-state index < -0.39 is 0 Å². The summed E-state index contributed by atoms with van der Waals surface area (Å²) in [7, 11) is 0. The highest BCUT2D eigenvalue weighted by molar-refractivity contribution is 5.97. The lowest BCUT2D eigenvalue weighted by Gasteiger charge is -2.31. The minimum Gasteiger partial charge on any atom is -0.325 e. The van der Waals surface area contributed by atoms with Gasteiger partial charge in [0.15, 0.2) is 6.04 Å². The minimum atomic E-state index is -0.0127. The fraction of sp³-hybridized carbons (Fsp3) is 0.381. The Kier molecular flexibility index (Phi) is 5.31. The monoisotopic (exact) mass is 323 g/mol. The van der Waals surface area contributed by atoms with E-state index in [1.165, 1.54) is 17.7 Å². The van der Waals surface area contributed by atoms with Crippen LogP contribution in [0.3, 0.4) is 0 Å². The van der Waals surface area contributed by atoms with E-state index in [-0.39, 0.29) is 11.9 Å². The largest absolute Gasteiger partial charge is 0.325 e. The van der Waals surface area contributed by atoms with Crippen molar-refractivity contribution in [3.05, 3.63) is 54.6 Å². The second-order valence-corrected chi connectivity index (χ2v) is 6.96. The third kappa shape index (κ3) is 3.85. The van der Waals surface area contributed by atoms with Gasteiger partial charge in [-0.1, -0.05) is 55.5 Å². The van der Waals surface area contributed by atoms with Crippen LogP contribution in [0.1, 0.15) is 26.7 Å². The molecule has 1 fully saturated rings. The number of hydrogen-bond acceptors (Lipinski definition) is 1. The molecule has 3 nitrogen and oxygen atoms in total. The molecule has 0 aliphatic carbocycles. The number of para-hydroxylation sites is 1. The third-order valence-electron chi connectivity index (χ3n) is 5.19. The predicted molar refractivity (Wildman–Crippen MR) is 99.1 cm³/mol. The third-order valence-corrected chi connectivity index (χ3v) is 5.19. The van der Waals surface area contributed by atoms with Crippen LogP contribution in [0.15, 0.2) is 54.6 Å². The highest BCUT2D eigenvalue weighted by Gasteiger charge is 2.29. The minimum absolute atomic E-state index is 0.0127. The molecule has 1 atom stereocenters. The molecule has 1 saturated heterocycles. The van der Waals surface area contributed by atoms with E-state index in [2.05, 4.69) is 30.4 Å². The van der Waals surface area contributed by atoms with Crippen LogP contribution in [-0.2, 0) is 4.79 Å². The van der Waals surface area contributed by atoms with Gasteiger partial charge in [0.05, 0.1) is 13.1 Å². The van der Waals surface area contributed by atoms with Gasteiger partial charge < -0.3 is 10.2 Å². The number of benzene rings is 2. The molecular weight excluding hydrogens is 296 g/mol. The molecule has 2 aromatic carbocycles. The number of carbonyl (C=O) groups is 1. The first-order chi connectivity index (χ1) is 11.6. The van der Waals surface area contributed by atoms with E-state index in [1.54, 1.807) is 0 Å². The van der Waals surface area contributed by atoms with Crippen molar-refractivity contribution in [1.29, 1.82) is 0 Å². The Morgan fingerprint density at radius 3 is 2.38 bits per heavy atom. The molecule has 1 heterocycles. The van der Waals surface area contributed by atoms with Crippen molar-refractivity contribution in [2.75, 3.05) is 18.4 Å². The zero-order valence-electron chi connectivity index (χ0n) is 14.6. The summed E-state index contributed by atoms with van der Waals surface area (Å²) in [5, 5.41) is 3.16. The molecule has 0 aromatic heterocycles. The Hall–Kier alpha value is -2.13. The number of nitrogens with one attached hydrogen (secondary N) is 2. The maximum absolute atomic E-state index is 12.7. The molecule has 2 N–H and O–H groups in total. The summed E-state index contributed by atoms with van der Waals surface area (Å²) in [6.07, 6.45) is 2.43. The van der Waals surface area contributed by atoms with Crippen LogP contribution >= 0.6 is 0 Å². The van der Waals surface area contributed by atoms with Crippen LogP contribution in [0, 0.1) is 5.92 Å². The summed E-state index contributed by atoms with van der Waals surface area (Å²) in [4.78, 5) is 14.2. The fourth-order valence-electron chi connectivity index (χ4n) is 3.45. The maximum Gasteiger partial charge on any atom is 0.282 e. The van der Waals surface area contributed by atoms with Gasteiger partial charge in [-0.25, -0.2) is 0 Å². The van der Waals surface area contributed by atoms with Crippen molar-refractivity contribution >= 4 is 11.6 Å². The average Bonchev–Trinajstić information content (AvgIpc) is 2.63. The Bertz CT molecular complexity index is 675. The standard InChI is InChI=1S/C21H26N2O/c1-16-12-14-23(15-13-16)17(2)21(24)22-20-11-7-6-10-19(20)18-8-4-3-5-9-18/h3-11,16-17H,12-15H2,1-2H3,(H,22,24)/p+1/t17-/m1/s1. The summed E-state index contributed by atoms with van der Waals surface area (Å²) >= 11 is 0. The van der Waals surface area contributed by atoms with E-state index >= 15 is 0 Å². The molecule has 24 heavy (non-hydrogen) atoms. The number of hydrogen-bond donors (Lipinski definition) is 2. The van der Waals surface area contributed by atoms with Gasteiger partial charge in [0.2, 0.25) is 0 Å². The normalized spacial score (nSPS) is 21.9. The van der Waals surface area contributed by atoms with Gasteiger partial charge in [-0.3, -0.25) is 4.79 Å². The molecule has 3 heteroatoms. The highest BCUT2D eigenvalue weighted by atomic mass is 16.2. The lowest BCUT2D eigenvalue weighted by Crippen LogP contribution is -3.17. The Balaban J connectivity index is 1.73. The number of anilines is 1. The molecule has 0 spiro atoms. The summed E-state index contributed by atoms with van der Waals surface area (Å²) in [6, 6.07) is 18.2.